The fourth-order valence-corrected chi connectivity index (χ4v) is 6.09. The quantitative estimate of drug-likeness (QED) is 0.348. The summed E-state index contributed by atoms with van der Waals surface area (Å²) >= 11 is 1.44. The molecule has 1 aromatic heterocycles. The Bertz CT molecular complexity index is 970. The number of aliphatic hydroxyl groups is 1. The number of carbonyl (C=O) groups excluding carboxylic acids is 2. The van der Waals surface area contributed by atoms with Crippen molar-refractivity contribution in [3.05, 3.63) is 36.5 Å². The Morgan fingerprint density at radius 2 is 1.97 bits per heavy atom. The van der Waals surface area contributed by atoms with Gasteiger partial charge in [0.2, 0.25) is 13.8 Å². The van der Waals surface area contributed by atoms with Gasteiger partial charge in [0, 0.05) is 22.2 Å². The van der Waals surface area contributed by atoms with Crippen molar-refractivity contribution in [1.82, 2.24) is 15.6 Å². The first-order valence-corrected chi connectivity index (χ1v) is 13.3. The van der Waals surface area contributed by atoms with Gasteiger partial charge in [-0.3, -0.25) is 14.6 Å². The number of nitrogens with zero attached hydrogens (tertiary/aromatic N) is 1. The second-order valence-electron chi connectivity index (χ2n) is 9.69. The Balaban J connectivity index is 1.63. The van der Waals surface area contributed by atoms with Crippen LogP contribution in [-0.2, 0) is 4.79 Å². The van der Waals surface area contributed by atoms with Crippen LogP contribution in [0.1, 0.15) is 52.9 Å². The number of hydrogen-bond acceptors (Lipinski definition) is 5. The van der Waals surface area contributed by atoms with Crippen molar-refractivity contribution in [2.75, 3.05) is 5.75 Å². The molecule has 2 amide bonds. The maximum Gasteiger partial charge on any atom is 0.243 e. The van der Waals surface area contributed by atoms with Gasteiger partial charge >= 0.3 is 0 Å². The van der Waals surface area contributed by atoms with E-state index in [2.05, 4.69) is 29.5 Å². The van der Waals surface area contributed by atoms with Gasteiger partial charge in [-0.2, -0.15) is 0 Å². The van der Waals surface area contributed by atoms with Crippen LogP contribution in [-0.4, -0.2) is 53.6 Å². The highest BCUT2D eigenvalue weighted by molar-refractivity contribution is 7.99. The van der Waals surface area contributed by atoms with E-state index in [1.807, 2.05) is 37.3 Å². The molecule has 0 aliphatic heterocycles. The zero-order valence-electron chi connectivity index (χ0n) is 20.4. The van der Waals surface area contributed by atoms with E-state index in [4.69, 9.17) is 7.85 Å². The van der Waals surface area contributed by atoms with E-state index in [1.54, 1.807) is 6.20 Å². The molecular weight excluding hydrogens is 445 g/mol. The zero-order chi connectivity index (χ0) is 24.7. The van der Waals surface area contributed by atoms with Crippen LogP contribution in [0.2, 0.25) is 0 Å². The predicted octanol–water partition coefficient (Wildman–Crippen LogP) is 4.29. The molecule has 34 heavy (non-hydrogen) atoms. The SMILES string of the molecule is [B]C(=O)N[C@H](CSc1cccc2cccnc12)C(=O)N[C@@H](CC)[C@H](O)CC1CCC(C)CC1C. The number of aromatic nitrogens is 1. The van der Waals surface area contributed by atoms with Gasteiger partial charge in [-0.05, 0) is 55.6 Å². The van der Waals surface area contributed by atoms with Crippen LogP contribution in [0.15, 0.2) is 41.4 Å². The van der Waals surface area contributed by atoms with Gasteiger partial charge in [0.05, 0.1) is 17.7 Å². The predicted molar refractivity (Wildman–Crippen MR) is 139 cm³/mol. The van der Waals surface area contributed by atoms with Gasteiger partial charge in [0.25, 0.3) is 0 Å². The van der Waals surface area contributed by atoms with E-state index in [0.717, 1.165) is 28.1 Å². The number of carbonyl (C=O) groups is 2. The van der Waals surface area contributed by atoms with Gasteiger partial charge in [0.1, 0.15) is 6.04 Å². The third-order valence-electron chi connectivity index (χ3n) is 7.02. The Hall–Kier alpha value is -2.06. The molecule has 182 valence electrons. The minimum atomic E-state index is -0.822. The first-order chi connectivity index (χ1) is 16.3. The van der Waals surface area contributed by atoms with Crippen molar-refractivity contribution in [3.63, 3.8) is 0 Å². The first-order valence-electron chi connectivity index (χ1n) is 12.3. The molecule has 1 saturated carbocycles. The Morgan fingerprint density at radius 1 is 1.21 bits per heavy atom. The summed E-state index contributed by atoms with van der Waals surface area (Å²) < 4.78 is 0. The monoisotopic (exact) mass is 481 g/mol. The van der Waals surface area contributed by atoms with Crippen LogP contribution >= 0.6 is 11.8 Å². The molecule has 0 bridgehead atoms. The van der Waals surface area contributed by atoms with E-state index in [0.29, 0.717) is 30.4 Å². The highest BCUT2D eigenvalue weighted by Crippen LogP contribution is 2.36. The molecule has 2 radical (unpaired) electrons. The largest absolute Gasteiger partial charge is 0.391 e. The lowest BCUT2D eigenvalue weighted by Gasteiger charge is -2.35. The third kappa shape index (κ3) is 7.22. The number of fused-ring (bicyclic) bond motifs is 1. The van der Waals surface area contributed by atoms with Crippen LogP contribution in [0.3, 0.4) is 0 Å². The number of thioether (sulfide) groups is 1. The summed E-state index contributed by atoms with van der Waals surface area (Å²) in [6.07, 6.45) is 5.88. The van der Waals surface area contributed by atoms with Crippen molar-refractivity contribution >= 4 is 42.2 Å². The number of pyridine rings is 1. The minimum Gasteiger partial charge on any atom is -0.391 e. The number of para-hydroxylation sites is 1. The number of nitrogens with one attached hydrogen (secondary N) is 2. The molecule has 1 aromatic carbocycles. The van der Waals surface area contributed by atoms with E-state index < -0.39 is 18.0 Å². The molecule has 1 aliphatic rings. The van der Waals surface area contributed by atoms with E-state index >= 15 is 0 Å². The standard InChI is InChI=1S/C26H36BN3O3S/c1-4-20(22(31)14-19-11-10-16(2)13-17(19)3)29-25(32)21(30-26(27)33)15-34-23-9-5-7-18-8-6-12-28-24(18)23/h5-9,12,16-17,19-22,31H,4,10-11,13-15H2,1-3H3,(H,29,32)(H,30,33)/t16?,17?,19?,20-,21+,22+/m0/s1. The average molecular weight is 481 g/mol. The van der Waals surface area contributed by atoms with Crippen LogP contribution in [0.25, 0.3) is 10.9 Å². The Labute approximate surface area is 208 Å². The van der Waals surface area contributed by atoms with E-state index in [-0.39, 0.29) is 11.9 Å². The average Bonchev–Trinajstić information content (AvgIpc) is 2.81. The molecule has 3 unspecified atom stereocenters. The van der Waals surface area contributed by atoms with E-state index in [1.165, 1.54) is 24.6 Å². The molecule has 0 spiro atoms. The molecule has 3 N–H and O–H groups in total. The molecule has 3 rings (SSSR count). The smallest absolute Gasteiger partial charge is 0.243 e. The van der Waals surface area contributed by atoms with Crippen LogP contribution in [0.4, 0.5) is 4.79 Å². The molecule has 6 atom stereocenters. The molecule has 0 saturated heterocycles. The normalized spacial score (nSPS) is 23.1. The second kappa shape index (κ2) is 12.6. The van der Waals surface area contributed by atoms with Crippen molar-refractivity contribution in [1.29, 1.82) is 0 Å². The van der Waals surface area contributed by atoms with E-state index in [9.17, 15) is 14.7 Å². The molecular formula is C26H36BN3O3S. The van der Waals surface area contributed by atoms with Gasteiger partial charge in [0.15, 0.2) is 5.81 Å². The summed E-state index contributed by atoms with van der Waals surface area (Å²) in [6, 6.07) is 8.55. The molecule has 2 aromatic rings. The molecule has 6 nitrogen and oxygen atoms in total. The summed E-state index contributed by atoms with van der Waals surface area (Å²) in [6.45, 7) is 6.50. The summed E-state index contributed by atoms with van der Waals surface area (Å²) in [5.74, 6) is 0.980. The fraction of sp³-hybridized carbons (Fsp3) is 0.577. The topological polar surface area (TPSA) is 91.3 Å². The van der Waals surface area contributed by atoms with Crippen LogP contribution in [0, 0.1) is 17.8 Å². The highest BCUT2D eigenvalue weighted by atomic mass is 32.2. The zero-order valence-corrected chi connectivity index (χ0v) is 21.2. The molecule has 1 fully saturated rings. The third-order valence-corrected chi connectivity index (χ3v) is 8.16. The minimum absolute atomic E-state index is 0.300. The Kier molecular flexibility index (Phi) is 9.83. The highest BCUT2D eigenvalue weighted by Gasteiger charge is 2.31. The molecule has 1 heterocycles. The summed E-state index contributed by atoms with van der Waals surface area (Å²) in [5, 5.41) is 17.5. The number of hydrogen-bond donors (Lipinski definition) is 3. The number of benzene rings is 1. The fourth-order valence-electron chi connectivity index (χ4n) is 5.03. The number of amides is 2. The summed E-state index contributed by atoms with van der Waals surface area (Å²) in [7, 11) is 5.36. The second-order valence-corrected chi connectivity index (χ2v) is 10.7. The van der Waals surface area contributed by atoms with Gasteiger partial charge in [-0.15, -0.1) is 11.8 Å². The summed E-state index contributed by atoms with van der Waals surface area (Å²) in [5.41, 5.74) is 0.853. The summed E-state index contributed by atoms with van der Waals surface area (Å²) in [4.78, 5) is 30.1. The lowest BCUT2D eigenvalue weighted by molar-refractivity contribution is -0.124. The lowest BCUT2D eigenvalue weighted by Crippen LogP contribution is -2.53. The van der Waals surface area contributed by atoms with Gasteiger partial charge in [-0.1, -0.05) is 45.4 Å². The van der Waals surface area contributed by atoms with Crippen molar-refractivity contribution in [3.8, 4) is 0 Å². The maximum absolute atomic E-state index is 13.1. The van der Waals surface area contributed by atoms with Crippen molar-refractivity contribution in [2.24, 2.45) is 17.8 Å². The van der Waals surface area contributed by atoms with Gasteiger partial charge < -0.3 is 15.7 Å². The molecule has 1 aliphatic carbocycles. The lowest BCUT2D eigenvalue weighted by atomic mass is 9.73. The van der Waals surface area contributed by atoms with Crippen molar-refractivity contribution in [2.45, 2.75) is 76.0 Å². The van der Waals surface area contributed by atoms with Gasteiger partial charge in [-0.25, -0.2) is 0 Å². The maximum atomic E-state index is 13.1. The molecule has 8 heteroatoms. The Morgan fingerprint density at radius 3 is 2.68 bits per heavy atom. The number of aliphatic hydroxyl groups excluding tert-OH is 1. The first kappa shape index (κ1) is 26.5. The van der Waals surface area contributed by atoms with Crippen molar-refractivity contribution < 1.29 is 14.7 Å². The van der Waals surface area contributed by atoms with Crippen LogP contribution in [0.5, 0.6) is 0 Å². The number of rotatable bonds is 10. The van der Waals surface area contributed by atoms with Crippen LogP contribution < -0.4 is 10.6 Å².